The summed E-state index contributed by atoms with van der Waals surface area (Å²) in [6.07, 6.45) is 0.934. The maximum absolute atomic E-state index is 11.9. The number of para-hydroxylation sites is 1. The predicted molar refractivity (Wildman–Crippen MR) is 86.1 cm³/mol. The number of pyridine rings is 1. The van der Waals surface area contributed by atoms with Crippen molar-refractivity contribution in [2.75, 3.05) is 6.79 Å². The van der Waals surface area contributed by atoms with Gasteiger partial charge in [0.25, 0.3) is 11.8 Å². The van der Waals surface area contributed by atoms with Crippen molar-refractivity contribution in [3.05, 3.63) is 54.2 Å². The summed E-state index contributed by atoms with van der Waals surface area (Å²) < 4.78 is 16.8. The van der Waals surface area contributed by atoms with Crippen LogP contribution >= 0.6 is 0 Å². The number of nitrogens with zero attached hydrogens (tertiary/aromatic N) is 2. The number of fused-ring (bicyclic) bond motifs is 3. The lowest BCUT2D eigenvalue weighted by Crippen LogP contribution is -2.42. The summed E-state index contributed by atoms with van der Waals surface area (Å²) in [6.45, 7) is -0.0216. The molecular weight excluding hydrogens is 324 g/mol. The molecule has 0 aliphatic carbocycles. The first kappa shape index (κ1) is 14.3. The highest BCUT2D eigenvalue weighted by Gasteiger charge is 2.42. The van der Waals surface area contributed by atoms with E-state index in [1.165, 1.54) is 12.2 Å². The Labute approximate surface area is 141 Å². The Balaban J connectivity index is 1.56. The van der Waals surface area contributed by atoms with E-state index in [0.29, 0.717) is 11.4 Å². The van der Waals surface area contributed by atoms with Crippen molar-refractivity contribution in [3.8, 4) is 0 Å². The number of carbonyl (C=O) groups excluding carboxylic acids is 2. The molecule has 2 aromatic heterocycles. The van der Waals surface area contributed by atoms with Crippen molar-refractivity contribution in [2.45, 2.75) is 12.3 Å². The topological polar surface area (TPSA) is 81.9 Å². The Kier molecular flexibility index (Phi) is 3.00. The third-order valence-corrected chi connectivity index (χ3v) is 4.40. The molecule has 124 valence electrons. The molecule has 2 amide bonds. The molecule has 4 heterocycles. The smallest absolute Gasteiger partial charge is 0.255 e. The number of rotatable bonds is 2. The Morgan fingerprint density at radius 2 is 1.76 bits per heavy atom. The summed E-state index contributed by atoms with van der Waals surface area (Å²) >= 11 is 0. The van der Waals surface area contributed by atoms with Crippen molar-refractivity contribution < 1.29 is 23.5 Å². The van der Waals surface area contributed by atoms with Crippen LogP contribution in [0.5, 0.6) is 0 Å². The number of furan rings is 1. The summed E-state index contributed by atoms with van der Waals surface area (Å²) in [5.41, 5.74) is 1.77. The summed E-state index contributed by atoms with van der Waals surface area (Å²) in [4.78, 5) is 29.4. The van der Waals surface area contributed by atoms with E-state index in [1.54, 1.807) is 6.07 Å². The van der Waals surface area contributed by atoms with Crippen LogP contribution < -0.4 is 0 Å². The van der Waals surface area contributed by atoms with Gasteiger partial charge in [-0.05, 0) is 18.2 Å². The molecule has 0 unspecified atom stereocenters. The van der Waals surface area contributed by atoms with Crippen LogP contribution in [-0.4, -0.2) is 34.7 Å². The van der Waals surface area contributed by atoms with Gasteiger partial charge in [-0.3, -0.25) is 9.59 Å². The molecule has 25 heavy (non-hydrogen) atoms. The first-order valence-electron chi connectivity index (χ1n) is 7.79. The average molecular weight is 336 g/mol. The highest BCUT2D eigenvalue weighted by molar-refractivity contribution is 6.13. The van der Waals surface area contributed by atoms with E-state index in [1.807, 2.05) is 30.3 Å². The van der Waals surface area contributed by atoms with Gasteiger partial charge in [-0.2, -0.15) is 0 Å². The lowest BCUT2D eigenvalue weighted by atomic mass is 10.1. The lowest BCUT2D eigenvalue weighted by Gasteiger charge is -2.24. The molecule has 1 fully saturated rings. The second-order valence-corrected chi connectivity index (χ2v) is 5.83. The fraction of sp³-hybridized carbons (Fsp3) is 0.167. The zero-order chi connectivity index (χ0) is 17.0. The van der Waals surface area contributed by atoms with Crippen LogP contribution in [0.15, 0.2) is 53.0 Å². The molecule has 0 radical (unpaired) electrons. The first-order chi connectivity index (χ1) is 12.2. The van der Waals surface area contributed by atoms with Gasteiger partial charge < -0.3 is 13.9 Å². The Morgan fingerprint density at radius 1 is 0.960 bits per heavy atom. The van der Waals surface area contributed by atoms with Crippen molar-refractivity contribution >= 4 is 33.9 Å². The van der Waals surface area contributed by atoms with Gasteiger partial charge in [0.15, 0.2) is 13.0 Å². The van der Waals surface area contributed by atoms with Gasteiger partial charge in [-0.25, -0.2) is 9.88 Å². The van der Waals surface area contributed by atoms with Crippen LogP contribution in [0.3, 0.4) is 0 Å². The third kappa shape index (κ3) is 2.10. The minimum Gasteiger partial charge on any atom is -0.438 e. The quantitative estimate of drug-likeness (QED) is 0.668. The normalized spacial score (nSPS) is 23.4. The summed E-state index contributed by atoms with van der Waals surface area (Å²) in [5.74, 6) is -0.842. The van der Waals surface area contributed by atoms with Crippen LogP contribution in [0.2, 0.25) is 0 Å². The molecule has 5 rings (SSSR count). The number of amides is 2. The molecule has 0 spiro atoms. The zero-order valence-electron chi connectivity index (χ0n) is 12.9. The Morgan fingerprint density at radius 3 is 2.60 bits per heavy atom. The number of carbonyl (C=O) groups is 2. The van der Waals surface area contributed by atoms with Gasteiger partial charge in [-0.1, -0.05) is 18.2 Å². The largest absolute Gasteiger partial charge is 0.438 e. The van der Waals surface area contributed by atoms with E-state index in [2.05, 4.69) is 4.98 Å². The minimum atomic E-state index is -0.843. The first-order valence-corrected chi connectivity index (χ1v) is 7.79. The van der Waals surface area contributed by atoms with Gasteiger partial charge in [0, 0.05) is 22.9 Å². The molecule has 0 bridgehead atoms. The summed E-state index contributed by atoms with van der Waals surface area (Å²) in [6, 6.07) is 11.4. The molecule has 2 atom stereocenters. The fourth-order valence-electron chi connectivity index (χ4n) is 3.23. The van der Waals surface area contributed by atoms with Gasteiger partial charge in [0.05, 0.1) is 5.69 Å². The van der Waals surface area contributed by atoms with E-state index < -0.39 is 24.1 Å². The standard InChI is InChI=1S/C18H12N2O5/c21-14-7-8-15(22)20(14)18-16(23-9-24-18)12-6-5-11-10-3-1-2-4-13(10)25-17(11)19-12/h1-8,16,18H,9H2/t16-,18+/m1/s1. The Bertz CT molecular complexity index is 1040. The molecule has 7 heteroatoms. The van der Waals surface area contributed by atoms with Gasteiger partial charge in [-0.15, -0.1) is 0 Å². The Hall–Kier alpha value is -3.03. The van der Waals surface area contributed by atoms with E-state index >= 15 is 0 Å². The second kappa shape index (κ2) is 5.23. The number of hydrogen-bond donors (Lipinski definition) is 0. The highest BCUT2D eigenvalue weighted by Crippen LogP contribution is 2.34. The maximum atomic E-state index is 11.9. The van der Waals surface area contributed by atoms with Crippen molar-refractivity contribution in [3.63, 3.8) is 0 Å². The number of imide groups is 1. The number of benzene rings is 1. The van der Waals surface area contributed by atoms with Crippen molar-refractivity contribution in [2.24, 2.45) is 0 Å². The zero-order valence-corrected chi connectivity index (χ0v) is 12.9. The molecular formula is C18H12N2O5. The van der Waals surface area contributed by atoms with Gasteiger partial charge in [0.2, 0.25) is 5.71 Å². The molecule has 1 aromatic carbocycles. The maximum Gasteiger partial charge on any atom is 0.255 e. The number of aromatic nitrogens is 1. The van der Waals surface area contributed by atoms with Crippen LogP contribution in [0.4, 0.5) is 0 Å². The van der Waals surface area contributed by atoms with Gasteiger partial charge in [0.1, 0.15) is 11.7 Å². The highest BCUT2D eigenvalue weighted by atomic mass is 16.7. The fourth-order valence-corrected chi connectivity index (χ4v) is 3.23. The van der Waals surface area contributed by atoms with E-state index in [0.717, 1.165) is 21.3 Å². The monoisotopic (exact) mass is 336 g/mol. The molecule has 0 saturated carbocycles. The molecule has 1 saturated heterocycles. The summed E-state index contributed by atoms with van der Waals surface area (Å²) in [5, 5.41) is 1.87. The van der Waals surface area contributed by atoms with E-state index in [9.17, 15) is 9.59 Å². The molecule has 2 aliphatic heterocycles. The predicted octanol–water partition coefficient (Wildman–Crippen LogP) is 2.28. The number of hydrogen-bond acceptors (Lipinski definition) is 6. The average Bonchev–Trinajstić information content (AvgIpc) is 3.31. The molecule has 3 aromatic rings. The van der Waals surface area contributed by atoms with Crippen LogP contribution in [-0.2, 0) is 19.1 Å². The van der Waals surface area contributed by atoms with Crippen LogP contribution in [0, 0.1) is 0 Å². The second-order valence-electron chi connectivity index (χ2n) is 5.83. The van der Waals surface area contributed by atoms with Crippen molar-refractivity contribution in [1.29, 1.82) is 0 Å². The van der Waals surface area contributed by atoms with Crippen molar-refractivity contribution in [1.82, 2.24) is 9.88 Å². The van der Waals surface area contributed by atoms with Gasteiger partial charge >= 0.3 is 0 Å². The van der Waals surface area contributed by atoms with Crippen LogP contribution in [0.25, 0.3) is 22.1 Å². The SMILES string of the molecule is O=C1C=CC(=O)N1[C@H]1OCO[C@@H]1c1ccc2c(n1)oc1ccccc12. The van der Waals surface area contributed by atoms with Crippen LogP contribution in [0.1, 0.15) is 11.8 Å². The summed E-state index contributed by atoms with van der Waals surface area (Å²) in [7, 11) is 0. The van der Waals surface area contributed by atoms with E-state index in [-0.39, 0.29) is 6.79 Å². The molecule has 7 nitrogen and oxygen atoms in total. The molecule has 2 aliphatic rings. The lowest BCUT2D eigenvalue weighted by molar-refractivity contribution is -0.149. The third-order valence-electron chi connectivity index (χ3n) is 4.40. The minimum absolute atomic E-state index is 0.0216. The number of ether oxygens (including phenoxy) is 2. The van der Waals surface area contributed by atoms with E-state index in [4.69, 9.17) is 13.9 Å². The molecule has 0 N–H and O–H groups in total.